The van der Waals surface area contributed by atoms with E-state index in [9.17, 15) is 13.2 Å². The zero-order valence-corrected chi connectivity index (χ0v) is 19.0. The van der Waals surface area contributed by atoms with Gasteiger partial charge in [0.1, 0.15) is 10.6 Å². The number of nitrogens with zero attached hydrogens (tertiary/aromatic N) is 2. The van der Waals surface area contributed by atoms with Crippen LogP contribution in [0.1, 0.15) is 11.1 Å². The normalized spacial score (nSPS) is 12.6. The van der Waals surface area contributed by atoms with E-state index in [0.29, 0.717) is 25.6 Å². The van der Waals surface area contributed by atoms with Gasteiger partial charge >= 0.3 is 10.1 Å². The van der Waals surface area contributed by atoms with Crippen molar-refractivity contribution in [2.45, 2.75) is 11.8 Å². The number of fused-ring (bicyclic) bond motifs is 3. The number of para-hydroxylation sites is 2. The fraction of sp³-hybridized carbons (Fsp3) is 0.0435. The maximum atomic E-state index is 13.1. The molecule has 0 spiro atoms. The van der Waals surface area contributed by atoms with E-state index in [-0.39, 0.29) is 16.2 Å². The molecule has 0 aliphatic rings. The fourth-order valence-corrected chi connectivity index (χ4v) is 5.44. The van der Waals surface area contributed by atoms with Crippen LogP contribution in [0.15, 0.2) is 76.4 Å². The van der Waals surface area contributed by atoms with E-state index >= 15 is 0 Å². The molecule has 0 bridgehead atoms. The van der Waals surface area contributed by atoms with Crippen LogP contribution in [0.5, 0.6) is 5.75 Å². The van der Waals surface area contributed by atoms with Gasteiger partial charge in [0, 0.05) is 10.6 Å². The Hall–Kier alpha value is -3.20. The van der Waals surface area contributed by atoms with Crippen molar-refractivity contribution in [3.05, 3.63) is 97.8 Å². The van der Waals surface area contributed by atoms with Crippen LogP contribution in [0.2, 0.25) is 5.02 Å². The Bertz CT molecular complexity index is 1710. The number of halogens is 1. The van der Waals surface area contributed by atoms with E-state index in [0.717, 1.165) is 11.1 Å². The lowest BCUT2D eigenvalue weighted by Gasteiger charge is -2.10. The summed E-state index contributed by atoms with van der Waals surface area (Å²) in [7, 11) is -4.07. The monoisotopic (exact) mass is 482 g/mol. The molecule has 0 radical (unpaired) electrons. The maximum Gasteiger partial charge on any atom is 0.339 e. The summed E-state index contributed by atoms with van der Waals surface area (Å²) in [6, 6.07) is 18.3. The number of benzene rings is 3. The van der Waals surface area contributed by atoms with Crippen molar-refractivity contribution in [1.82, 2.24) is 9.38 Å². The molecule has 0 atom stereocenters. The van der Waals surface area contributed by atoms with Gasteiger partial charge in [-0.1, -0.05) is 52.8 Å². The predicted molar refractivity (Wildman–Crippen MR) is 126 cm³/mol. The summed E-state index contributed by atoms with van der Waals surface area (Å²) in [6.45, 7) is 1.87. The molecule has 0 fully saturated rings. The van der Waals surface area contributed by atoms with Gasteiger partial charge in [-0.05, 0) is 55.5 Å². The molecule has 0 aliphatic heterocycles. The van der Waals surface area contributed by atoms with Gasteiger partial charge in [-0.2, -0.15) is 8.42 Å². The van der Waals surface area contributed by atoms with Crippen molar-refractivity contribution >= 4 is 55.1 Å². The van der Waals surface area contributed by atoms with Crippen molar-refractivity contribution in [3.8, 4) is 5.75 Å². The molecule has 0 saturated carbocycles. The third kappa shape index (κ3) is 3.66. The number of aryl methyl sites for hydroxylation is 1. The Morgan fingerprint density at radius 3 is 2.59 bits per heavy atom. The van der Waals surface area contributed by atoms with Crippen LogP contribution >= 0.6 is 22.9 Å². The minimum absolute atomic E-state index is 0.0366. The van der Waals surface area contributed by atoms with Crippen molar-refractivity contribution in [3.63, 3.8) is 0 Å². The number of imidazole rings is 1. The zero-order chi connectivity index (χ0) is 22.5. The molecule has 6 nitrogen and oxygen atoms in total. The molecule has 160 valence electrons. The first kappa shape index (κ1) is 20.7. The zero-order valence-electron chi connectivity index (χ0n) is 16.7. The van der Waals surface area contributed by atoms with Crippen molar-refractivity contribution in [2.75, 3.05) is 0 Å². The maximum absolute atomic E-state index is 13.1. The topological polar surface area (TPSA) is 77.7 Å². The number of hydrogen-bond donors (Lipinski definition) is 0. The molecule has 5 rings (SSSR count). The molecule has 0 aliphatic carbocycles. The van der Waals surface area contributed by atoms with Gasteiger partial charge < -0.3 is 4.18 Å². The molecule has 0 saturated heterocycles. The number of thiazole rings is 1. The Balaban J connectivity index is 1.63. The highest BCUT2D eigenvalue weighted by atomic mass is 35.5. The van der Waals surface area contributed by atoms with Crippen LogP contribution in [0.4, 0.5) is 0 Å². The lowest BCUT2D eigenvalue weighted by molar-refractivity contribution is 0.485. The first-order chi connectivity index (χ1) is 15.3. The van der Waals surface area contributed by atoms with Gasteiger partial charge in [0.25, 0.3) is 5.56 Å². The molecule has 9 heteroatoms. The molecule has 3 aromatic carbocycles. The molecule has 0 amide bonds. The highest BCUT2D eigenvalue weighted by Gasteiger charge is 2.19. The Labute approximate surface area is 192 Å². The quantitative estimate of drug-likeness (QED) is 0.359. The molecular weight excluding hydrogens is 468 g/mol. The van der Waals surface area contributed by atoms with Gasteiger partial charge in [0.15, 0.2) is 4.96 Å². The van der Waals surface area contributed by atoms with E-state index in [1.54, 1.807) is 28.7 Å². The van der Waals surface area contributed by atoms with E-state index in [1.165, 1.54) is 35.6 Å². The number of hydrogen-bond acceptors (Lipinski definition) is 6. The van der Waals surface area contributed by atoms with Crippen LogP contribution in [0.3, 0.4) is 0 Å². The second kappa shape index (κ2) is 7.74. The molecule has 32 heavy (non-hydrogen) atoms. The lowest BCUT2D eigenvalue weighted by Crippen LogP contribution is -2.22. The molecule has 0 N–H and O–H groups in total. The Kier molecular flexibility index (Phi) is 5.00. The van der Waals surface area contributed by atoms with E-state index in [2.05, 4.69) is 4.98 Å². The summed E-state index contributed by atoms with van der Waals surface area (Å²) in [4.78, 5) is 18.1. The predicted octanol–water partition coefficient (Wildman–Crippen LogP) is 4.19. The summed E-state index contributed by atoms with van der Waals surface area (Å²) in [5, 5.41) is 0.385. The van der Waals surface area contributed by atoms with Gasteiger partial charge in [0.05, 0.1) is 15.6 Å². The summed E-state index contributed by atoms with van der Waals surface area (Å²) in [6.07, 6.45) is 1.57. The highest BCUT2D eigenvalue weighted by molar-refractivity contribution is 7.87. The van der Waals surface area contributed by atoms with Crippen LogP contribution in [0.25, 0.3) is 22.1 Å². The standard InChI is InChI=1S/C23H15ClN2O4S2/c1-14-6-9-17(10-7-14)32(28,29)30-20-11-8-16(24)12-15(20)13-21-22(27)26-19-5-3-2-4-18(19)25-23(26)31-21/h2-13H,1H3. The smallest absolute Gasteiger partial charge is 0.339 e. The minimum Gasteiger partial charge on any atom is -0.378 e. The summed E-state index contributed by atoms with van der Waals surface area (Å²) in [5.41, 5.74) is 2.51. The summed E-state index contributed by atoms with van der Waals surface area (Å²) in [5.74, 6) is 0.0743. The Morgan fingerprint density at radius 2 is 1.81 bits per heavy atom. The van der Waals surface area contributed by atoms with E-state index in [1.807, 2.05) is 31.2 Å². The average Bonchev–Trinajstić information content (AvgIpc) is 3.26. The van der Waals surface area contributed by atoms with Gasteiger partial charge in [-0.15, -0.1) is 0 Å². The molecular formula is C23H15ClN2O4S2. The number of aromatic nitrogens is 2. The van der Waals surface area contributed by atoms with Crippen LogP contribution in [-0.4, -0.2) is 17.8 Å². The third-order valence-corrected chi connectivity index (χ3v) is 7.37. The van der Waals surface area contributed by atoms with Gasteiger partial charge in [-0.25, -0.2) is 9.38 Å². The summed E-state index contributed by atoms with van der Waals surface area (Å²) >= 11 is 7.36. The molecule has 0 unspecified atom stereocenters. The third-order valence-electron chi connectivity index (χ3n) is 4.91. The van der Waals surface area contributed by atoms with E-state index < -0.39 is 10.1 Å². The first-order valence-electron chi connectivity index (χ1n) is 9.54. The largest absolute Gasteiger partial charge is 0.378 e. The molecule has 2 aromatic heterocycles. The second-order valence-corrected chi connectivity index (χ2v) is 10.2. The summed E-state index contributed by atoms with van der Waals surface area (Å²) < 4.78 is 32.9. The highest BCUT2D eigenvalue weighted by Crippen LogP contribution is 2.27. The van der Waals surface area contributed by atoms with E-state index in [4.69, 9.17) is 15.8 Å². The van der Waals surface area contributed by atoms with Crippen LogP contribution in [0, 0.1) is 6.92 Å². The second-order valence-electron chi connectivity index (χ2n) is 7.17. The van der Waals surface area contributed by atoms with Crippen molar-refractivity contribution in [1.29, 1.82) is 0 Å². The van der Waals surface area contributed by atoms with Crippen molar-refractivity contribution in [2.24, 2.45) is 0 Å². The first-order valence-corrected chi connectivity index (χ1v) is 12.1. The van der Waals surface area contributed by atoms with Crippen LogP contribution in [-0.2, 0) is 10.1 Å². The van der Waals surface area contributed by atoms with Crippen LogP contribution < -0.4 is 14.3 Å². The minimum atomic E-state index is -4.07. The molecule has 2 heterocycles. The van der Waals surface area contributed by atoms with Gasteiger partial charge in [-0.3, -0.25) is 4.79 Å². The molecule has 5 aromatic rings. The van der Waals surface area contributed by atoms with Gasteiger partial charge in [0.2, 0.25) is 0 Å². The average molecular weight is 483 g/mol. The SMILES string of the molecule is Cc1ccc(S(=O)(=O)Oc2ccc(Cl)cc2C=c2sc3nc4ccccc4n3c2=O)cc1. The fourth-order valence-electron chi connectivity index (χ4n) is 3.33. The number of rotatable bonds is 4. The van der Waals surface area contributed by atoms with Crippen molar-refractivity contribution < 1.29 is 12.6 Å². The lowest BCUT2D eigenvalue weighted by atomic mass is 10.2. The Morgan fingerprint density at radius 1 is 1.06 bits per heavy atom.